The number of rotatable bonds is 6. The molecule has 0 spiro atoms. The van der Waals surface area contributed by atoms with Gasteiger partial charge < -0.3 is 10.5 Å². The Bertz CT molecular complexity index is 249. The summed E-state index contributed by atoms with van der Waals surface area (Å²) in [6.45, 7) is 9.67. The molecule has 1 heterocycles. The molecule has 4 nitrogen and oxygen atoms in total. The minimum Gasteiger partial charge on any atom is -0.375 e. The van der Waals surface area contributed by atoms with E-state index in [1.165, 1.54) is 0 Å². The van der Waals surface area contributed by atoms with Crippen LogP contribution in [0.25, 0.3) is 0 Å². The largest absolute Gasteiger partial charge is 0.375 e. The van der Waals surface area contributed by atoms with Gasteiger partial charge in [0.15, 0.2) is 0 Å². The molecule has 0 aliphatic carbocycles. The van der Waals surface area contributed by atoms with Crippen LogP contribution in [0.15, 0.2) is 0 Å². The van der Waals surface area contributed by atoms with Gasteiger partial charge in [0.05, 0.1) is 18.5 Å². The summed E-state index contributed by atoms with van der Waals surface area (Å²) in [6.07, 6.45) is 0.122. The predicted molar refractivity (Wildman–Crippen MR) is 72.5 cm³/mol. The summed E-state index contributed by atoms with van der Waals surface area (Å²) in [4.78, 5) is 2.39. The number of nitrogens with two attached hydrogens (primary N) is 1. The third-order valence-corrected chi connectivity index (χ3v) is 4.83. The van der Waals surface area contributed by atoms with Gasteiger partial charge in [0.25, 0.3) is 0 Å². The van der Waals surface area contributed by atoms with Gasteiger partial charge in [-0.2, -0.15) is 0 Å². The molecule has 0 radical (unpaired) electrons. The first kappa shape index (κ1) is 15.1. The maximum absolute atomic E-state index is 11.9. The van der Waals surface area contributed by atoms with Gasteiger partial charge in [-0.25, -0.2) is 0 Å². The number of hydrogen-bond acceptors (Lipinski definition) is 4. The van der Waals surface area contributed by atoms with Crippen molar-refractivity contribution in [3.63, 3.8) is 0 Å². The van der Waals surface area contributed by atoms with Crippen LogP contribution in [0.5, 0.6) is 0 Å². The van der Waals surface area contributed by atoms with Crippen molar-refractivity contribution in [1.82, 2.24) is 4.90 Å². The van der Waals surface area contributed by atoms with Crippen molar-refractivity contribution in [1.29, 1.82) is 0 Å². The van der Waals surface area contributed by atoms with Crippen LogP contribution in [0.1, 0.15) is 20.8 Å². The smallest absolute Gasteiger partial charge is 0.0817 e. The maximum atomic E-state index is 11.9. The zero-order valence-electron chi connectivity index (χ0n) is 11.2. The van der Waals surface area contributed by atoms with E-state index in [0.29, 0.717) is 30.0 Å². The van der Waals surface area contributed by atoms with Gasteiger partial charge in [0.2, 0.25) is 0 Å². The molecule has 17 heavy (non-hydrogen) atoms. The lowest BCUT2D eigenvalue weighted by molar-refractivity contribution is -0.0269. The fourth-order valence-corrected chi connectivity index (χ4v) is 3.50. The van der Waals surface area contributed by atoms with Gasteiger partial charge in [-0.15, -0.1) is 0 Å². The van der Waals surface area contributed by atoms with E-state index in [2.05, 4.69) is 18.7 Å². The number of ether oxygens (including phenoxy) is 1. The Morgan fingerprint density at radius 1 is 1.47 bits per heavy atom. The third-order valence-electron chi connectivity index (χ3n) is 3.15. The first-order valence-electron chi connectivity index (χ1n) is 6.43. The fraction of sp³-hybridized carbons (Fsp3) is 1.00. The minimum atomic E-state index is -0.807. The Balaban J connectivity index is 2.33. The summed E-state index contributed by atoms with van der Waals surface area (Å²) in [5.41, 5.74) is 5.54. The van der Waals surface area contributed by atoms with Crippen LogP contribution in [-0.4, -0.2) is 59.0 Å². The molecule has 0 saturated carbocycles. The highest BCUT2D eigenvalue weighted by Gasteiger charge is 2.24. The van der Waals surface area contributed by atoms with Crippen molar-refractivity contribution in [3.05, 3.63) is 0 Å². The maximum Gasteiger partial charge on any atom is 0.0817 e. The van der Waals surface area contributed by atoms with Crippen LogP contribution in [0, 0.1) is 5.92 Å². The average Bonchev–Trinajstić information content (AvgIpc) is 2.28. The van der Waals surface area contributed by atoms with Gasteiger partial charge in [-0.3, -0.25) is 9.11 Å². The second kappa shape index (κ2) is 7.46. The fourth-order valence-electron chi connectivity index (χ4n) is 1.97. The van der Waals surface area contributed by atoms with Crippen LogP contribution >= 0.6 is 0 Å². The molecule has 1 saturated heterocycles. The minimum absolute atomic E-state index is 0.122. The average molecular weight is 262 g/mol. The summed E-state index contributed by atoms with van der Waals surface area (Å²) in [7, 11) is -0.807. The summed E-state index contributed by atoms with van der Waals surface area (Å²) in [6, 6.07) is 0.540. The van der Waals surface area contributed by atoms with E-state index in [1.807, 2.05) is 6.92 Å². The molecular formula is C12H26N2O2S. The van der Waals surface area contributed by atoms with Crippen molar-refractivity contribution in [2.24, 2.45) is 11.7 Å². The van der Waals surface area contributed by atoms with Gasteiger partial charge in [0, 0.05) is 35.7 Å². The summed E-state index contributed by atoms with van der Waals surface area (Å²) >= 11 is 0. The molecule has 102 valence electrons. The molecule has 3 unspecified atom stereocenters. The third kappa shape index (κ3) is 5.46. The lowest BCUT2D eigenvalue weighted by Crippen LogP contribution is -2.47. The highest BCUT2D eigenvalue weighted by molar-refractivity contribution is 7.85. The van der Waals surface area contributed by atoms with Crippen molar-refractivity contribution < 1.29 is 8.95 Å². The Labute approximate surface area is 107 Å². The quantitative estimate of drug-likeness (QED) is 0.754. The molecular weight excluding hydrogens is 236 g/mol. The van der Waals surface area contributed by atoms with Gasteiger partial charge >= 0.3 is 0 Å². The molecule has 5 heteroatoms. The van der Waals surface area contributed by atoms with E-state index in [-0.39, 0.29) is 6.10 Å². The summed E-state index contributed by atoms with van der Waals surface area (Å²) in [5.74, 6) is 1.67. The van der Waals surface area contributed by atoms with Gasteiger partial charge in [-0.05, 0) is 26.3 Å². The molecule has 1 aliphatic rings. The van der Waals surface area contributed by atoms with Crippen molar-refractivity contribution >= 4 is 10.8 Å². The Kier molecular flexibility index (Phi) is 6.62. The SMILES string of the molecule is CC(CN)CS(=O)CC1CN(C(C)C)CCO1. The summed E-state index contributed by atoms with van der Waals surface area (Å²) < 4.78 is 17.6. The van der Waals surface area contributed by atoms with Crippen LogP contribution in [0.4, 0.5) is 0 Å². The van der Waals surface area contributed by atoms with E-state index in [1.54, 1.807) is 0 Å². The zero-order chi connectivity index (χ0) is 12.8. The first-order valence-corrected chi connectivity index (χ1v) is 7.92. The predicted octanol–water partition coefficient (Wildman–Crippen LogP) is 0.439. The van der Waals surface area contributed by atoms with E-state index >= 15 is 0 Å². The first-order chi connectivity index (χ1) is 8.02. The number of hydrogen-bond donors (Lipinski definition) is 1. The van der Waals surface area contributed by atoms with Crippen LogP contribution in [-0.2, 0) is 15.5 Å². The molecule has 0 amide bonds. The lowest BCUT2D eigenvalue weighted by Gasteiger charge is -2.35. The Hall–Kier alpha value is 0.0300. The summed E-state index contributed by atoms with van der Waals surface area (Å²) in [5, 5.41) is 0. The molecule has 2 N–H and O–H groups in total. The van der Waals surface area contributed by atoms with Crippen LogP contribution in [0.2, 0.25) is 0 Å². The van der Waals surface area contributed by atoms with Crippen molar-refractivity contribution in [2.45, 2.75) is 32.9 Å². The van der Waals surface area contributed by atoms with Gasteiger partial charge in [-0.1, -0.05) is 6.92 Å². The van der Waals surface area contributed by atoms with E-state index < -0.39 is 10.8 Å². The van der Waals surface area contributed by atoms with Crippen molar-refractivity contribution in [2.75, 3.05) is 37.7 Å². The topological polar surface area (TPSA) is 55.6 Å². The second-order valence-corrected chi connectivity index (χ2v) is 6.74. The molecule has 1 aliphatic heterocycles. The molecule has 1 rings (SSSR count). The van der Waals surface area contributed by atoms with Gasteiger partial charge in [0.1, 0.15) is 0 Å². The van der Waals surface area contributed by atoms with E-state index in [9.17, 15) is 4.21 Å². The number of nitrogens with zero attached hydrogens (tertiary/aromatic N) is 1. The molecule has 0 aromatic rings. The zero-order valence-corrected chi connectivity index (χ0v) is 12.0. The molecule has 0 aromatic heterocycles. The Morgan fingerprint density at radius 2 is 2.18 bits per heavy atom. The molecule has 0 bridgehead atoms. The molecule has 1 fully saturated rings. The van der Waals surface area contributed by atoms with Crippen molar-refractivity contribution in [3.8, 4) is 0 Å². The Morgan fingerprint density at radius 3 is 2.76 bits per heavy atom. The van der Waals surface area contributed by atoms with Crippen LogP contribution < -0.4 is 5.73 Å². The van der Waals surface area contributed by atoms with E-state index in [0.717, 1.165) is 19.7 Å². The second-order valence-electron chi connectivity index (χ2n) is 5.20. The molecule has 3 atom stereocenters. The monoisotopic (exact) mass is 262 g/mol. The highest BCUT2D eigenvalue weighted by atomic mass is 32.2. The number of morpholine rings is 1. The highest BCUT2D eigenvalue weighted by Crippen LogP contribution is 2.10. The standard InChI is InChI=1S/C12H26N2O2S/c1-10(2)14-4-5-16-12(7-14)9-17(15)8-11(3)6-13/h10-12H,4-9,13H2,1-3H3. The van der Waals surface area contributed by atoms with Crippen LogP contribution in [0.3, 0.4) is 0 Å². The van der Waals surface area contributed by atoms with E-state index in [4.69, 9.17) is 10.5 Å². The normalized spacial score (nSPS) is 26.1. The lowest BCUT2D eigenvalue weighted by atomic mass is 10.2. The molecule has 0 aromatic carbocycles.